The first-order chi connectivity index (χ1) is 10.9. The van der Waals surface area contributed by atoms with Gasteiger partial charge in [0.05, 0.1) is 11.7 Å². The van der Waals surface area contributed by atoms with Gasteiger partial charge in [0.25, 0.3) is 0 Å². The lowest BCUT2D eigenvalue weighted by Crippen LogP contribution is -2.44. The van der Waals surface area contributed by atoms with Crippen LogP contribution < -0.4 is 9.47 Å². The van der Waals surface area contributed by atoms with E-state index in [9.17, 15) is 4.79 Å². The molecule has 1 aromatic carbocycles. The summed E-state index contributed by atoms with van der Waals surface area (Å²) in [5.41, 5.74) is 2.81. The molecule has 5 nitrogen and oxygen atoms in total. The number of rotatable bonds is 4. The van der Waals surface area contributed by atoms with E-state index >= 15 is 0 Å². The monoisotopic (exact) mass is 316 g/mol. The lowest BCUT2D eigenvalue weighted by molar-refractivity contribution is -0.295. The van der Waals surface area contributed by atoms with Gasteiger partial charge in [-0.2, -0.15) is 0 Å². The molecule has 0 radical (unpaired) electrons. The molecule has 2 aliphatic heterocycles. The standard InChI is InChI=1S/C18H20O5/c1-5-8-20-14-6-7-15-12(3)16-9-11(2)21-18(16,22-13(4)19)23-17(15)10-14/h5-7,10-11H,1,8-9H2,2-4H3/t11-,18+/m1/s1. The first-order valence-electron chi connectivity index (χ1n) is 7.60. The number of allylic oxidation sites excluding steroid dienone is 1. The molecule has 0 saturated carbocycles. The number of carbonyl (C=O) groups excluding carboxylic acids is 1. The molecule has 0 spiro atoms. The highest BCUT2D eigenvalue weighted by Gasteiger charge is 2.53. The van der Waals surface area contributed by atoms with Gasteiger partial charge in [0.15, 0.2) is 0 Å². The van der Waals surface area contributed by atoms with E-state index in [0.29, 0.717) is 24.5 Å². The Bertz CT molecular complexity index is 691. The predicted octanol–water partition coefficient (Wildman–Crippen LogP) is 3.44. The van der Waals surface area contributed by atoms with Crippen LogP contribution in [0.1, 0.15) is 32.8 Å². The van der Waals surface area contributed by atoms with E-state index in [2.05, 4.69) is 6.58 Å². The summed E-state index contributed by atoms with van der Waals surface area (Å²) in [6, 6.07) is 5.60. The van der Waals surface area contributed by atoms with Gasteiger partial charge in [0.2, 0.25) is 0 Å². The van der Waals surface area contributed by atoms with Crippen molar-refractivity contribution in [1.82, 2.24) is 0 Å². The van der Waals surface area contributed by atoms with Crippen LogP contribution in [0.15, 0.2) is 36.4 Å². The van der Waals surface area contributed by atoms with Gasteiger partial charge in [-0.1, -0.05) is 12.7 Å². The molecule has 1 saturated heterocycles. The van der Waals surface area contributed by atoms with Crippen LogP contribution in [0.25, 0.3) is 5.57 Å². The zero-order valence-corrected chi connectivity index (χ0v) is 13.5. The van der Waals surface area contributed by atoms with Gasteiger partial charge in [-0.15, -0.1) is 0 Å². The minimum absolute atomic E-state index is 0.0925. The minimum atomic E-state index is -1.46. The van der Waals surface area contributed by atoms with Crippen LogP contribution in [0.4, 0.5) is 0 Å². The quantitative estimate of drug-likeness (QED) is 0.629. The highest BCUT2D eigenvalue weighted by atomic mass is 16.9. The molecule has 0 aliphatic carbocycles. The Morgan fingerprint density at radius 1 is 1.52 bits per heavy atom. The molecule has 0 N–H and O–H groups in total. The second kappa shape index (κ2) is 5.74. The largest absolute Gasteiger partial charge is 0.489 e. The summed E-state index contributed by atoms with van der Waals surface area (Å²) in [5, 5.41) is 0. The molecule has 122 valence electrons. The normalized spacial score (nSPS) is 25.3. The smallest absolute Gasteiger partial charge is 0.400 e. The molecule has 2 aliphatic rings. The van der Waals surface area contributed by atoms with Crippen molar-refractivity contribution in [3.8, 4) is 11.5 Å². The van der Waals surface area contributed by atoms with E-state index in [1.807, 2.05) is 26.0 Å². The van der Waals surface area contributed by atoms with E-state index in [-0.39, 0.29) is 6.10 Å². The maximum Gasteiger partial charge on any atom is 0.400 e. The molecule has 2 atom stereocenters. The van der Waals surface area contributed by atoms with Crippen LogP contribution in [-0.4, -0.2) is 24.7 Å². The van der Waals surface area contributed by atoms with Crippen molar-refractivity contribution >= 4 is 11.5 Å². The van der Waals surface area contributed by atoms with Crippen LogP contribution >= 0.6 is 0 Å². The Balaban J connectivity index is 2.03. The van der Waals surface area contributed by atoms with Crippen LogP contribution in [-0.2, 0) is 14.3 Å². The summed E-state index contributed by atoms with van der Waals surface area (Å²) in [6.07, 6.45) is 2.24. The molecule has 0 aromatic heterocycles. The van der Waals surface area contributed by atoms with Gasteiger partial charge in [-0.25, -0.2) is 0 Å². The maximum atomic E-state index is 11.5. The molecule has 0 amide bonds. The predicted molar refractivity (Wildman–Crippen MR) is 85.0 cm³/mol. The lowest BCUT2D eigenvalue weighted by atomic mass is 9.94. The van der Waals surface area contributed by atoms with Crippen LogP contribution in [0.5, 0.6) is 11.5 Å². The van der Waals surface area contributed by atoms with Crippen molar-refractivity contribution in [2.45, 2.75) is 39.3 Å². The molecule has 1 aromatic rings. The number of esters is 1. The highest BCUT2D eigenvalue weighted by molar-refractivity contribution is 5.77. The minimum Gasteiger partial charge on any atom is -0.489 e. The number of carbonyl (C=O) groups is 1. The van der Waals surface area contributed by atoms with Crippen LogP contribution in [0, 0.1) is 0 Å². The fourth-order valence-electron chi connectivity index (χ4n) is 3.00. The van der Waals surface area contributed by atoms with E-state index < -0.39 is 11.9 Å². The van der Waals surface area contributed by atoms with Crippen LogP contribution in [0.2, 0.25) is 0 Å². The zero-order valence-electron chi connectivity index (χ0n) is 13.5. The van der Waals surface area contributed by atoms with Crippen molar-refractivity contribution < 1.29 is 23.7 Å². The Labute approximate surface area is 135 Å². The fraction of sp³-hybridized carbons (Fsp3) is 0.389. The number of hydrogen-bond acceptors (Lipinski definition) is 5. The van der Waals surface area contributed by atoms with Crippen molar-refractivity contribution in [2.75, 3.05) is 6.61 Å². The van der Waals surface area contributed by atoms with E-state index in [4.69, 9.17) is 18.9 Å². The third kappa shape index (κ3) is 2.72. The molecular weight excluding hydrogens is 296 g/mol. The molecular formula is C18H20O5. The van der Waals surface area contributed by atoms with Crippen molar-refractivity contribution in [1.29, 1.82) is 0 Å². The Morgan fingerprint density at radius 3 is 3.00 bits per heavy atom. The molecule has 2 heterocycles. The summed E-state index contributed by atoms with van der Waals surface area (Å²) in [4.78, 5) is 11.5. The second-order valence-electron chi connectivity index (χ2n) is 5.75. The number of fused-ring (bicyclic) bond motifs is 2. The molecule has 0 unspecified atom stereocenters. The zero-order chi connectivity index (χ0) is 16.6. The molecule has 1 fully saturated rings. The third-order valence-corrected chi connectivity index (χ3v) is 3.92. The van der Waals surface area contributed by atoms with Gasteiger partial charge < -0.3 is 18.9 Å². The number of hydrogen-bond donors (Lipinski definition) is 0. The van der Waals surface area contributed by atoms with Gasteiger partial charge in [0.1, 0.15) is 18.1 Å². The highest BCUT2D eigenvalue weighted by Crippen LogP contribution is 2.49. The topological polar surface area (TPSA) is 54.0 Å². The summed E-state index contributed by atoms with van der Waals surface area (Å²) < 4.78 is 22.8. The van der Waals surface area contributed by atoms with Gasteiger partial charge in [0, 0.05) is 25.0 Å². The second-order valence-corrected chi connectivity index (χ2v) is 5.75. The maximum absolute atomic E-state index is 11.5. The number of benzene rings is 1. The molecule has 23 heavy (non-hydrogen) atoms. The summed E-state index contributed by atoms with van der Waals surface area (Å²) in [6.45, 7) is 9.29. The van der Waals surface area contributed by atoms with Crippen molar-refractivity contribution in [3.05, 3.63) is 42.0 Å². The summed E-state index contributed by atoms with van der Waals surface area (Å²) in [5.74, 6) is -0.682. The van der Waals surface area contributed by atoms with Gasteiger partial charge in [-0.05, 0) is 31.6 Å². The number of ether oxygens (including phenoxy) is 4. The summed E-state index contributed by atoms with van der Waals surface area (Å²) >= 11 is 0. The Kier molecular flexibility index (Phi) is 3.90. The first kappa shape index (κ1) is 15.6. The third-order valence-electron chi connectivity index (χ3n) is 3.92. The SMILES string of the molecule is C=CCOc1ccc2c(c1)O[C@]1(OC(C)=O)O[C@H](C)CC1=C2C. The average molecular weight is 316 g/mol. The van der Waals surface area contributed by atoms with E-state index in [0.717, 1.165) is 16.7 Å². The lowest BCUT2D eigenvalue weighted by Gasteiger charge is -2.34. The van der Waals surface area contributed by atoms with Gasteiger partial charge in [-0.3, -0.25) is 4.79 Å². The van der Waals surface area contributed by atoms with Gasteiger partial charge >= 0.3 is 11.9 Å². The Morgan fingerprint density at radius 2 is 2.30 bits per heavy atom. The van der Waals surface area contributed by atoms with Crippen molar-refractivity contribution in [3.63, 3.8) is 0 Å². The summed E-state index contributed by atoms with van der Waals surface area (Å²) in [7, 11) is 0. The molecule has 0 bridgehead atoms. The fourth-order valence-corrected chi connectivity index (χ4v) is 3.00. The Hall–Kier alpha value is -2.27. The first-order valence-corrected chi connectivity index (χ1v) is 7.60. The molecule has 3 rings (SSSR count). The van der Waals surface area contributed by atoms with E-state index in [1.165, 1.54) is 6.92 Å². The van der Waals surface area contributed by atoms with Crippen molar-refractivity contribution in [2.24, 2.45) is 0 Å². The molecule has 5 heteroatoms. The average Bonchev–Trinajstić information content (AvgIpc) is 2.80. The van der Waals surface area contributed by atoms with Crippen LogP contribution in [0.3, 0.4) is 0 Å². The van der Waals surface area contributed by atoms with E-state index in [1.54, 1.807) is 12.1 Å².